The van der Waals surface area contributed by atoms with Crippen LogP contribution < -0.4 is 10.2 Å². The lowest BCUT2D eigenvalue weighted by molar-refractivity contribution is -0.117. The maximum atomic E-state index is 12.4. The van der Waals surface area contributed by atoms with Crippen LogP contribution >= 0.6 is 0 Å². The van der Waals surface area contributed by atoms with Crippen molar-refractivity contribution in [1.29, 1.82) is 0 Å². The number of nitrogens with zero attached hydrogens (tertiary/aromatic N) is 2. The fourth-order valence-corrected chi connectivity index (χ4v) is 2.80. The number of nitrogens with one attached hydrogen (secondary N) is 1. The molecule has 126 valence electrons. The topological polar surface area (TPSA) is 75.4 Å². The van der Waals surface area contributed by atoms with Gasteiger partial charge in [-0.1, -0.05) is 32.0 Å². The second-order valence-corrected chi connectivity index (χ2v) is 6.23. The minimum Gasteiger partial charge on any atom is -0.435 e. The van der Waals surface area contributed by atoms with Crippen LogP contribution in [0.25, 0.3) is 0 Å². The molecule has 6 heteroatoms. The smallest absolute Gasteiger partial charge is 0.289 e. The Hall–Kier alpha value is -2.63. The number of anilines is 1. The van der Waals surface area contributed by atoms with Crippen LogP contribution in [0, 0.1) is 6.92 Å². The van der Waals surface area contributed by atoms with Gasteiger partial charge in [0.25, 0.3) is 5.91 Å². The molecule has 1 aromatic carbocycles. The van der Waals surface area contributed by atoms with Crippen molar-refractivity contribution in [2.75, 3.05) is 18.0 Å². The SMILES string of the molecule is Cc1nc(C(C)C)oc1C(=O)NCC(=O)N1CCc2ccccc21. The van der Waals surface area contributed by atoms with Gasteiger partial charge >= 0.3 is 0 Å². The van der Waals surface area contributed by atoms with E-state index in [1.807, 2.05) is 38.1 Å². The molecule has 0 aliphatic carbocycles. The molecule has 6 nitrogen and oxygen atoms in total. The molecule has 1 aromatic heterocycles. The molecule has 0 spiro atoms. The van der Waals surface area contributed by atoms with E-state index in [1.54, 1.807) is 11.8 Å². The molecule has 24 heavy (non-hydrogen) atoms. The highest BCUT2D eigenvalue weighted by molar-refractivity contribution is 6.00. The molecule has 2 aromatic rings. The van der Waals surface area contributed by atoms with Crippen molar-refractivity contribution in [2.45, 2.75) is 33.1 Å². The molecule has 0 saturated heterocycles. The normalized spacial score (nSPS) is 13.2. The van der Waals surface area contributed by atoms with Gasteiger partial charge in [-0.2, -0.15) is 0 Å². The average molecular weight is 327 g/mol. The van der Waals surface area contributed by atoms with Crippen LogP contribution in [0.3, 0.4) is 0 Å². The van der Waals surface area contributed by atoms with Crippen LogP contribution in [-0.2, 0) is 11.2 Å². The third-order valence-corrected chi connectivity index (χ3v) is 4.10. The van der Waals surface area contributed by atoms with E-state index < -0.39 is 5.91 Å². The van der Waals surface area contributed by atoms with E-state index >= 15 is 0 Å². The molecule has 0 bridgehead atoms. The zero-order valence-electron chi connectivity index (χ0n) is 14.1. The zero-order valence-corrected chi connectivity index (χ0v) is 14.1. The molecule has 0 unspecified atom stereocenters. The number of aromatic nitrogens is 1. The van der Waals surface area contributed by atoms with E-state index in [0.29, 0.717) is 18.1 Å². The summed E-state index contributed by atoms with van der Waals surface area (Å²) in [5, 5.41) is 2.64. The Balaban J connectivity index is 1.64. The van der Waals surface area contributed by atoms with Gasteiger partial charge in [-0.05, 0) is 25.0 Å². The minimum absolute atomic E-state index is 0.0652. The first-order valence-corrected chi connectivity index (χ1v) is 8.11. The summed E-state index contributed by atoms with van der Waals surface area (Å²) in [4.78, 5) is 30.6. The van der Waals surface area contributed by atoms with E-state index in [-0.39, 0.29) is 24.1 Å². The first-order chi connectivity index (χ1) is 11.5. The highest BCUT2D eigenvalue weighted by Crippen LogP contribution is 2.27. The maximum Gasteiger partial charge on any atom is 0.289 e. The highest BCUT2D eigenvalue weighted by atomic mass is 16.4. The Labute approximate surface area is 140 Å². The Morgan fingerprint density at radius 2 is 2.08 bits per heavy atom. The summed E-state index contributed by atoms with van der Waals surface area (Å²) < 4.78 is 5.50. The van der Waals surface area contributed by atoms with Crippen molar-refractivity contribution < 1.29 is 14.0 Å². The summed E-state index contributed by atoms with van der Waals surface area (Å²) in [5.41, 5.74) is 2.62. The van der Waals surface area contributed by atoms with Crippen LogP contribution in [0.1, 0.15) is 47.5 Å². The summed E-state index contributed by atoms with van der Waals surface area (Å²) in [7, 11) is 0. The van der Waals surface area contributed by atoms with E-state index in [0.717, 1.165) is 17.7 Å². The highest BCUT2D eigenvalue weighted by Gasteiger charge is 2.25. The maximum absolute atomic E-state index is 12.4. The van der Waals surface area contributed by atoms with Gasteiger partial charge in [0.1, 0.15) is 0 Å². The van der Waals surface area contributed by atoms with E-state index in [4.69, 9.17) is 4.42 Å². The monoisotopic (exact) mass is 327 g/mol. The third-order valence-electron chi connectivity index (χ3n) is 4.10. The van der Waals surface area contributed by atoms with Gasteiger partial charge in [0, 0.05) is 18.2 Å². The van der Waals surface area contributed by atoms with Gasteiger partial charge in [0.05, 0.1) is 12.2 Å². The molecule has 2 heterocycles. The van der Waals surface area contributed by atoms with Crippen LogP contribution in [0.2, 0.25) is 0 Å². The predicted molar refractivity (Wildman–Crippen MR) is 90.2 cm³/mol. The van der Waals surface area contributed by atoms with Crippen molar-refractivity contribution in [1.82, 2.24) is 10.3 Å². The molecule has 1 aliphatic rings. The number of hydrogen-bond donors (Lipinski definition) is 1. The summed E-state index contributed by atoms with van der Waals surface area (Å²) in [6.07, 6.45) is 0.842. The molecule has 2 amide bonds. The fraction of sp³-hybridized carbons (Fsp3) is 0.389. The number of benzene rings is 1. The molecule has 0 radical (unpaired) electrons. The first kappa shape index (κ1) is 16.2. The molecule has 1 N–H and O–H groups in total. The quantitative estimate of drug-likeness (QED) is 0.936. The van der Waals surface area contributed by atoms with Crippen molar-refractivity contribution in [3.05, 3.63) is 47.2 Å². The van der Waals surface area contributed by atoms with Crippen LogP contribution in [0.5, 0.6) is 0 Å². The van der Waals surface area contributed by atoms with Gasteiger partial charge in [-0.25, -0.2) is 4.98 Å². The molecular weight excluding hydrogens is 306 g/mol. The van der Waals surface area contributed by atoms with Crippen molar-refractivity contribution in [3.63, 3.8) is 0 Å². The summed E-state index contributed by atoms with van der Waals surface area (Å²) >= 11 is 0. The molecule has 0 atom stereocenters. The summed E-state index contributed by atoms with van der Waals surface area (Å²) in [6, 6.07) is 7.83. The number of rotatable bonds is 4. The van der Waals surface area contributed by atoms with Crippen molar-refractivity contribution in [2.24, 2.45) is 0 Å². The summed E-state index contributed by atoms with van der Waals surface area (Å²) in [6.45, 7) is 6.20. The van der Waals surface area contributed by atoms with Gasteiger partial charge in [-0.15, -0.1) is 0 Å². The first-order valence-electron chi connectivity index (χ1n) is 8.11. The van der Waals surface area contributed by atoms with Gasteiger partial charge < -0.3 is 14.6 Å². The van der Waals surface area contributed by atoms with Crippen LogP contribution in [0.4, 0.5) is 5.69 Å². The molecular formula is C18H21N3O3. The lowest BCUT2D eigenvalue weighted by Gasteiger charge is -2.17. The van der Waals surface area contributed by atoms with E-state index in [9.17, 15) is 9.59 Å². The van der Waals surface area contributed by atoms with E-state index in [2.05, 4.69) is 10.3 Å². The van der Waals surface area contributed by atoms with E-state index in [1.165, 1.54) is 0 Å². The number of aryl methyl sites for hydroxylation is 1. The lowest BCUT2D eigenvalue weighted by atomic mass is 10.2. The van der Waals surface area contributed by atoms with Crippen molar-refractivity contribution >= 4 is 17.5 Å². The standard InChI is InChI=1S/C18H21N3O3/c1-11(2)18-20-12(3)16(24-18)17(23)19-10-15(22)21-9-8-13-6-4-5-7-14(13)21/h4-7,11H,8-10H2,1-3H3,(H,19,23). The minimum atomic E-state index is -0.410. The van der Waals surface area contributed by atoms with Gasteiger partial charge in [0.15, 0.2) is 5.89 Å². The predicted octanol–water partition coefficient (Wildman–Crippen LogP) is 2.43. The zero-order chi connectivity index (χ0) is 17.3. The molecule has 0 fully saturated rings. The number of fused-ring (bicyclic) bond motifs is 1. The number of carbonyl (C=O) groups is 2. The Bertz CT molecular complexity index is 780. The number of hydrogen-bond acceptors (Lipinski definition) is 4. The number of carbonyl (C=O) groups excluding carboxylic acids is 2. The van der Waals surface area contributed by atoms with Crippen molar-refractivity contribution in [3.8, 4) is 0 Å². The molecule has 1 aliphatic heterocycles. The number of para-hydroxylation sites is 1. The second-order valence-electron chi connectivity index (χ2n) is 6.23. The summed E-state index contributed by atoms with van der Waals surface area (Å²) in [5.74, 6) is 0.265. The number of amides is 2. The Kier molecular flexibility index (Phi) is 4.38. The fourth-order valence-electron chi connectivity index (χ4n) is 2.80. The van der Waals surface area contributed by atoms with Gasteiger partial charge in [0.2, 0.25) is 11.7 Å². The Morgan fingerprint density at radius 3 is 2.79 bits per heavy atom. The average Bonchev–Trinajstić information content (AvgIpc) is 3.16. The number of oxazole rings is 1. The third kappa shape index (κ3) is 3.04. The largest absolute Gasteiger partial charge is 0.435 e. The lowest BCUT2D eigenvalue weighted by Crippen LogP contribution is -2.39. The van der Waals surface area contributed by atoms with Crippen LogP contribution in [-0.4, -0.2) is 29.9 Å². The second kappa shape index (κ2) is 6.47. The van der Waals surface area contributed by atoms with Crippen LogP contribution in [0.15, 0.2) is 28.7 Å². The molecule has 0 saturated carbocycles. The van der Waals surface area contributed by atoms with Gasteiger partial charge in [-0.3, -0.25) is 9.59 Å². The Morgan fingerprint density at radius 1 is 1.33 bits per heavy atom. The molecule has 3 rings (SSSR count).